The molecule has 0 aliphatic carbocycles. The van der Waals surface area contributed by atoms with Gasteiger partial charge in [0.1, 0.15) is 5.75 Å². The summed E-state index contributed by atoms with van der Waals surface area (Å²) in [7, 11) is 1.68. The maximum atomic E-state index is 11.8. The van der Waals surface area contributed by atoms with E-state index in [1.165, 1.54) is 11.8 Å². The number of rotatable bonds is 9. The number of hydrogen-bond acceptors (Lipinski definition) is 4. The lowest BCUT2D eigenvalue weighted by atomic mass is 10.1. The largest absolute Gasteiger partial charge is 0.496 e. The number of halogens is 1. The second-order valence-electron chi connectivity index (χ2n) is 5.97. The van der Waals surface area contributed by atoms with Crippen molar-refractivity contribution >= 4 is 35.8 Å². The van der Waals surface area contributed by atoms with Gasteiger partial charge in [0.2, 0.25) is 0 Å². The molecule has 1 aromatic heterocycles. The third kappa shape index (κ3) is 7.79. The number of guanidine groups is 1. The van der Waals surface area contributed by atoms with Crippen molar-refractivity contribution in [3.63, 3.8) is 0 Å². The molecule has 0 aliphatic heterocycles. The zero-order valence-electron chi connectivity index (χ0n) is 16.6. The molecule has 7 nitrogen and oxygen atoms in total. The summed E-state index contributed by atoms with van der Waals surface area (Å²) in [5, 5.41) is 9.20. The normalized spacial score (nSPS) is 10.8. The molecule has 0 fully saturated rings. The lowest BCUT2D eigenvalue weighted by molar-refractivity contribution is 0.0926. The molecule has 1 amide bonds. The Morgan fingerprint density at radius 2 is 1.96 bits per heavy atom. The Morgan fingerprint density at radius 3 is 2.64 bits per heavy atom. The van der Waals surface area contributed by atoms with E-state index >= 15 is 0 Å². The van der Waals surface area contributed by atoms with Gasteiger partial charge in [-0.05, 0) is 49.6 Å². The first-order chi connectivity index (χ1) is 13.1. The first kappa shape index (κ1) is 23.8. The van der Waals surface area contributed by atoms with Crippen molar-refractivity contribution in [2.75, 3.05) is 33.3 Å². The minimum absolute atomic E-state index is 0. The molecule has 8 heteroatoms. The van der Waals surface area contributed by atoms with Gasteiger partial charge in [-0.1, -0.05) is 12.1 Å². The number of methoxy groups -OCH3 is 1. The van der Waals surface area contributed by atoms with E-state index in [9.17, 15) is 4.79 Å². The number of aliphatic imine (C=N–C) groups is 1. The van der Waals surface area contributed by atoms with Crippen LogP contribution in [0.25, 0.3) is 0 Å². The summed E-state index contributed by atoms with van der Waals surface area (Å²) in [5.41, 5.74) is 2.30. The summed E-state index contributed by atoms with van der Waals surface area (Å²) < 4.78 is 10.4. The van der Waals surface area contributed by atoms with Crippen molar-refractivity contribution in [1.29, 1.82) is 0 Å². The third-order valence-electron chi connectivity index (χ3n) is 3.94. The Balaban J connectivity index is 0.00000392. The molecule has 0 radical (unpaired) electrons. The minimum atomic E-state index is -0.225. The molecule has 2 rings (SSSR count). The molecule has 1 aromatic carbocycles. The van der Waals surface area contributed by atoms with Gasteiger partial charge in [-0.3, -0.25) is 9.79 Å². The Hall–Kier alpha value is -2.23. The second kappa shape index (κ2) is 13.0. The number of ether oxygens (including phenoxy) is 1. The van der Waals surface area contributed by atoms with E-state index < -0.39 is 0 Å². The molecule has 28 heavy (non-hydrogen) atoms. The second-order valence-corrected chi connectivity index (χ2v) is 5.97. The fourth-order valence-electron chi connectivity index (χ4n) is 2.51. The molecule has 0 saturated carbocycles. The number of nitrogens with one attached hydrogen (secondary N) is 3. The summed E-state index contributed by atoms with van der Waals surface area (Å²) in [6.45, 7) is 6.50. The predicted octanol–water partition coefficient (Wildman–Crippen LogP) is 2.74. The summed E-state index contributed by atoms with van der Waals surface area (Å²) in [6, 6.07) is 9.53. The molecule has 154 valence electrons. The van der Waals surface area contributed by atoms with Crippen LogP contribution in [0.4, 0.5) is 0 Å². The number of furan rings is 1. The van der Waals surface area contributed by atoms with Crippen LogP contribution in [0, 0.1) is 6.92 Å². The van der Waals surface area contributed by atoms with Crippen LogP contribution in [-0.4, -0.2) is 45.2 Å². The number of aryl methyl sites for hydroxylation is 1. The summed E-state index contributed by atoms with van der Waals surface area (Å²) in [4.78, 5) is 16.4. The van der Waals surface area contributed by atoms with Gasteiger partial charge in [0.25, 0.3) is 5.91 Å². The first-order valence-corrected chi connectivity index (χ1v) is 9.11. The highest BCUT2D eigenvalue weighted by atomic mass is 127. The minimum Gasteiger partial charge on any atom is -0.496 e. The SMILES string of the molecule is CCNC(=NCCc1ccc(C)c(OC)c1)NCCNC(=O)c1ccco1.I. The highest BCUT2D eigenvalue weighted by molar-refractivity contribution is 14.0. The van der Waals surface area contributed by atoms with Crippen molar-refractivity contribution in [3.8, 4) is 5.75 Å². The first-order valence-electron chi connectivity index (χ1n) is 9.11. The topological polar surface area (TPSA) is 87.9 Å². The van der Waals surface area contributed by atoms with Crippen LogP contribution in [0.15, 0.2) is 46.0 Å². The van der Waals surface area contributed by atoms with E-state index in [4.69, 9.17) is 9.15 Å². The summed E-state index contributed by atoms with van der Waals surface area (Å²) in [6.07, 6.45) is 2.30. The van der Waals surface area contributed by atoms with E-state index in [0.29, 0.717) is 25.4 Å². The van der Waals surface area contributed by atoms with Crippen molar-refractivity contribution in [2.24, 2.45) is 4.99 Å². The smallest absolute Gasteiger partial charge is 0.287 e. The summed E-state index contributed by atoms with van der Waals surface area (Å²) >= 11 is 0. The maximum Gasteiger partial charge on any atom is 0.287 e. The average Bonchev–Trinajstić information content (AvgIpc) is 3.21. The zero-order valence-corrected chi connectivity index (χ0v) is 18.9. The standard InChI is InChI=1S/C20H28N4O3.HI/c1-4-21-20(24-12-11-22-19(25)17-6-5-13-27-17)23-10-9-16-8-7-15(2)18(14-16)26-3;/h5-8,13-14H,4,9-12H2,1-3H3,(H,22,25)(H2,21,23,24);1H. The third-order valence-corrected chi connectivity index (χ3v) is 3.94. The Bertz CT molecular complexity index is 748. The van der Waals surface area contributed by atoms with E-state index in [0.717, 1.165) is 30.2 Å². The number of benzene rings is 1. The van der Waals surface area contributed by atoms with E-state index in [2.05, 4.69) is 39.1 Å². The monoisotopic (exact) mass is 500 g/mol. The van der Waals surface area contributed by atoms with Gasteiger partial charge < -0.3 is 25.1 Å². The summed E-state index contributed by atoms with van der Waals surface area (Å²) in [5.74, 6) is 1.71. The van der Waals surface area contributed by atoms with Gasteiger partial charge in [0.15, 0.2) is 11.7 Å². The lowest BCUT2D eigenvalue weighted by Crippen LogP contribution is -2.41. The van der Waals surface area contributed by atoms with Crippen LogP contribution in [0.3, 0.4) is 0 Å². The molecule has 0 bridgehead atoms. The van der Waals surface area contributed by atoms with Gasteiger partial charge in [-0.25, -0.2) is 0 Å². The molecule has 0 unspecified atom stereocenters. The van der Waals surface area contributed by atoms with Crippen molar-refractivity contribution in [3.05, 3.63) is 53.5 Å². The van der Waals surface area contributed by atoms with Gasteiger partial charge >= 0.3 is 0 Å². The van der Waals surface area contributed by atoms with Crippen LogP contribution in [-0.2, 0) is 6.42 Å². The van der Waals surface area contributed by atoms with Crippen LogP contribution < -0.4 is 20.7 Å². The predicted molar refractivity (Wildman–Crippen MR) is 122 cm³/mol. The quantitative estimate of drug-likeness (QED) is 0.213. The van der Waals surface area contributed by atoms with Crippen LogP contribution in [0.2, 0.25) is 0 Å². The molecule has 0 aliphatic rings. The fraction of sp³-hybridized carbons (Fsp3) is 0.400. The molecular formula is C20H29IN4O3. The number of carbonyl (C=O) groups is 1. The van der Waals surface area contributed by atoms with Gasteiger partial charge in [0.05, 0.1) is 13.4 Å². The van der Waals surface area contributed by atoms with Gasteiger partial charge in [0, 0.05) is 26.2 Å². The molecular weight excluding hydrogens is 471 g/mol. The van der Waals surface area contributed by atoms with E-state index in [-0.39, 0.29) is 29.9 Å². The van der Waals surface area contributed by atoms with Gasteiger partial charge in [-0.15, -0.1) is 24.0 Å². The molecule has 3 N–H and O–H groups in total. The molecule has 0 saturated heterocycles. The molecule has 2 aromatic rings. The van der Waals surface area contributed by atoms with Crippen LogP contribution >= 0.6 is 24.0 Å². The van der Waals surface area contributed by atoms with Crippen molar-refractivity contribution < 1.29 is 13.9 Å². The maximum absolute atomic E-state index is 11.8. The Morgan fingerprint density at radius 1 is 1.18 bits per heavy atom. The van der Waals surface area contributed by atoms with Crippen molar-refractivity contribution in [2.45, 2.75) is 20.3 Å². The van der Waals surface area contributed by atoms with Crippen LogP contribution in [0.1, 0.15) is 28.6 Å². The van der Waals surface area contributed by atoms with Crippen molar-refractivity contribution in [1.82, 2.24) is 16.0 Å². The highest BCUT2D eigenvalue weighted by Gasteiger charge is 2.07. The fourth-order valence-corrected chi connectivity index (χ4v) is 2.51. The number of hydrogen-bond donors (Lipinski definition) is 3. The number of nitrogens with zero attached hydrogens (tertiary/aromatic N) is 1. The lowest BCUT2D eigenvalue weighted by Gasteiger charge is -2.12. The van der Waals surface area contributed by atoms with Crippen LogP contribution in [0.5, 0.6) is 5.75 Å². The highest BCUT2D eigenvalue weighted by Crippen LogP contribution is 2.19. The van der Waals surface area contributed by atoms with E-state index in [1.54, 1.807) is 19.2 Å². The van der Waals surface area contributed by atoms with E-state index in [1.807, 2.05) is 13.8 Å². The Kier molecular flexibility index (Phi) is 11.1. The molecule has 0 atom stereocenters. The number of carbonyl (C=O) groups excluding carboxylic acids is 1. The zero-order chi connectivity index (χ0) is 19.5. The average molecular weight is 500 g/mol. The molecule has 0 spiro atoms. The Labute approximate surface area is 183 Å². The number of amides is 1. The molecule has 1 heterocycles. The van der Waals surface area contributed by atoms with Gasteiger partial charge in [-0.2, -0.15) is 0 Å².